The van der Waals surface area contributed by atoms with Gasteiger partial charge in [0.1, 0.15) is 5.75 Å². The fraction of sp³-hybridized carbons (Fsp3) is 0.412. The number of ether oxygens (including phenoxy) is 1. The Bertz CT molecular complexity index is 625. The highest BCUT2D eigenvalue weighted by molar-refractivity contribution is 9.10. The van der Waals surface area contributed by atoms with Gasteiger partial charge in [-0.15, -0.1) is 11.3 Å². The standard InChI is InChI=1S/C17H20BrNOS/c1-20-12-5-6-15(18)11(9-12)10-16(19)13-3-2-4-17-14(13)7-8-21-17/h5-9,13,16H,2-4,10,19H2,1H3. The van der Waals surface area contributed by atoms with Gasteiger partial charge in [-0.2, -0.15) is 0 Å². The van der Waals surface area contributed by atoms with Crippen LogP contribution in [0.15, 0.2) is 34.1 Å². The Morgan fingerprint density at radius 3 is 3.10 bits per heavy atom. The van der Waals surface area contributed by atoms with Gasteiger partial charge in [0.15, 0.2) is 0 Å². The molecular formula is C17H20BrNOS. The molecule has 1 aliphatic carbocycles. The first-order valence-electron chi connectivity index (χ1n) is 7.33. The number of aryl methyl sites for hydroxylation is 1. The molecule has 3 rings (SSSR count). The summed E-state index contributed by atoms with van der Waals surface area (Å²) in [6.07, 6.45) is 4.55. The van der Waals surface area contributed by atoms with Crippen molar-refractivity contribution < 1.29 is 4.74 Å². The number of rotatable bonds is 4. The molecule has 1 aliphatic rings. The number of hydrogen-bond acceptors (Lipinski definition) is 3. The van der Waals surface area contributed by atoms with E-state index in [2.05, 4.69) is 33.4 Å². The predicted octanol–water partition coefficient (Wildman–Crippen LogP) is 4.51. The third-order valence-electron chi connectivity index (χ3n) is 4.32. The molecule has 2 unspecified atom stereocenters. The number of thiophene rings is 1. The second-order valence-electron chi connectivity index (χ2n) is 5.62. The predicted molar refractivity (Wildman–Crippen MR) is 92.4 cm³/mol. The second-order valence-corrected chi connectivity index (χ2v) is 7.48. The Kier molecular flexibility index (Phi) is 4.67. The Morgan fingerprint density at radius 1 is 1.43 bits per heavy atom. The first-order chi connectivity index (χ1) is 10.2. The molecule has 0 spiro atoms. The van der Waals surface area contributed by atoms with Crippen molar-refractivity contribution in [2.24, 2.45) is 5.73 Å². The van der Waals surface area contributed by atoms with Crippen molar-refractivity contribution in [3.63, 3.8) is 0 Å². The summed E-state index contributed by atoms with van der Waals surface area (Å²) in [5.41, 5.74) is 9.27. The summed E-state index contributed by atoms with van der Waals surface area (Å²) in [7, 11) is 1.70. The van der Waals surface area contributed by atoms with Crippen LogP contribution in [0.25, 0.3) is 0 Å². The lowest BCUT2D eigenvalue weighted by molar-refractivity contribution is 0.413. The van der Waals surface area contributed by atoms with Gasteiger partial charge in [-0.3, -0.25) is 0 Å². The number of methoxy groups -OCH3 is 1. The van der Waals surface area contributed by atoms with E-state index >= 15 is 0 Å². The van der Waals surface area contributed by atoms with Crippen LogP contribution in [-0.4, -0.2) is 13.2 Å². The quantitative estimate of drug-likeness (QED) is 0.864. The maximum absolute atomic E-state index is 6.56. The average Bonchev–Trinajstić information content (AvgIpc) is 2.97. The van der Waals surface area contributed by atoms with Crippen molar-refractivity contribution in [2.45, 2.75) is 37.6 Å². The van der Waals surface area contributed by atoms with Gasteiger partial charge >= 0.3 is 0 Å². The smallest absolute Gasteiger partial charge is 0.119 e. The molecule has 4 heteroatoms. The first kappa shape index (κ1) is 15.1. The molecular weight excluding hydrogens is 346 g/mol. The summed E-state index contributed by atoms with van der Waals surface area (Å²) in [6, 6.07) is 8.52. The Labute approximate surface area is 138 Å². The number of nitrogens with two attached hydrogens (primary N) is 1. The first-order valence-corrected chi connectivity index (χ1v) is 9.00. The maximum Gasteiger partial charge on any atom is 0.119 e. The summed E-state index contributed by atoms with van der Waals surface area (Å²) in [5, 5.41) is 2.21. The van der Waals surface area contributed by atoms with Gasteiger partial charge in [0.05, 0.1) is 7.11 Å². The number of benzene rings is 1. The van der Waals surface area contributed by atoms with Crippen LogP contribution in [0.2, 0.25) is 0 Å². The molecule has 2 N–H and O–H groups in total. The largest absolute Gasteiger partial charge is 0.497 e. The van der Waals surface area contributed by atoms with E-state index in [-0.39, 0.29) is 6.04 Å². The summed E-state index contributed by atoms with van der Waals surface area (Å²) in [5.74, 6) is 1.37. The Morgan fingerprint density at radius 2 is 2.29 bits per heavy atom. The van der Waals surface area contributed by atoms with Gasteiger partial charge in [0.2, 0.25) is 0 Å². The molecule has 0 aliphatic heterocycles. The number of fused-ring (bicyclic) bond motifs is 1. The van der Waals surface area contributed by atoms with E-state index in [9.17, 15) is 0 Å². The summed E-state index contributed by atoms with van der Waals surface area (Å²) < 4.78 is 6.43. The topological polar surface area (TPSA) is 35.2 Å². The van der Waals surface area contributed by atoms with E-state index in [0.29, 0.717) is 5.92 Å². The average molecular weight is 366 g/mol. The molecule has 0 bridgehead atoms. The minimum Gasteiger partial charge on any atom is -0.497 e. The molecule has 0 amide bonds. The van der Waals surface area contributed by atoms with E-state index in [1.54, 1.807) is 7.11 Å². The van der Waals surface area contributed by atoms with E-state index in [1.165, 1.54) is 35.3 Å². The fourth-order valence-electron chi connectivity index (χ4n) is 3.20. The van der Waals surface area contributed by atoms with E-state index in [4.69, 9.17) is 10.5 Å². The number of hydrogen-bond donors (Lipinski definition) is 1. The van der Waals surface area contributed by atoms with Crippen LogP contribution in [0.1, 0.15) is 34.8 Å². The van der Waals surface area contributed by atoms with Gasteiger partial charge in [0, 0.05) is 21.3 Å². The molecule has 2 aromatic rings. The van der Waals surface area contributed by atoms with Gasteiger partial charge in [0.25, 0.3) is 0 Å². The zero-order valence-corrected chi connectivity index (χ0v) is 14.5. The molecule has 112 valence electrons. The van der Waals surface area contributed by atoms with Gasteiger partial charge in [-0.05, 0) is 66.5 Å². The zero-order valence-electron chi connectivity index (χ0n) is 12.1. The molecule has 0 saturated carbocycles. The van der Waals surface area contributed by atoms with Gasteiger partial charge in [-0.25, -0.2) is 0 Å². The Hall–Kier alpha value is -0.840. The molecule has 1 heterocycles. The monoisotopic (exact) mass is 365 g/mol. The lowest BCUT2D eigenvalue weighted by Gasteiger charge is -2.28. The van der Waals surface area contributed by atoms with Crippen molar-refractivity contribution in [2.75, 3.05) is 7.11 Å². The van der Waals surface area contributed by atoms with Crippen LogP contribution in [0.4, 0.5) is 0 Å². The van der Waals surface area contributed by atoms with Crippen LogP contribution in [0, 0.1) is 0 Å². The third kappa shape index (κ3) is 3.17. The van der Waals surface area contributed by atoms with E-state index in [1.807, 2.05) is 23.5 Å². The van der Waals surface area contributed by atoms with Crippen LogP contribution >= 0.6 is 27.3 Å². The molecule has 0 radical (unpaired) electrons. The van der Waals surface area contributed by atoms with Gasteiger partial charge in [-0.1, -0.05) is 15.9 Å². The molecule has 1 aromatic heterocycles. The van der Waals surface area contributed by atoms with Crippen LogP contribution in [-0.2, 0) is 12.8 Å². The van der Waals surface area contributed by atoms with Crippen molar-refractivity contribution in [1.29, 1.82) is 0 Å². The highest BCUT2D eigenvalue weighted by Crippen LogP contribution is 2.37. The lowest BCUT2D eigenvalue weighted by atomic mass is 9.81. The molecule has 2 nitrogen and oxygen atoms in total. The maximum atomic E-state index is 6.56. The third-order valence-corrected chi connectivity index (χ3v) is 6.09. The highest BCUT2D eigenvalue weighted by atomic mass is 79.9. The molecule has 2 atom stereocenters. The normalized spacial score (nSPS) is 19.1. The minimum absolute atomic E-state index is 0.155. The van der Waals surface area contributed by atoms with Crippen LogP contribution in [0.3, 0.4) is 0 Å². The van der Waals surface area contributed by atoms with Gasteiger partial charge < -0.3 is 10.5 Å². The highest BCUT2D eigenvalue weighted by Gasteiger charge is 2.27. The summed E-state index contributed by atoms with van der Waals surface area (Å²) >= 11 is 5.50. The summed E-state index contributed by atoms with van der Waals surface area (Å²) in [6.45, 7) is 0. The van der Waals surface area contributed by atoms with Crippen molar-refractivity contribution in [1.82, 2.24) is 0 Å². The van der Waals surface area contributed by atoms with Crippen molar-refractivity contribution in [3.8, 4) is 5.75 Å². The minimum atomic E-state index is 0.155. The molecule has 1 aromatic carbocycles. The molecule has 0 fully saturated rings. The molecule has 21 heavy (non-hydrogen) atoms. The summed E-state index contributed by atoms with van der Waals surface area (Å²) in [4.78, 5) is 1.53. The fourth-order valence-corrected chi connectivity index (χ4v) is 4.60. The molecule has 0 saturated heterocycles. The van der Waals surface area contributed by atoms with E-state index < -0.39 is 0 Å². The zero-order chi connectivity index (χ0) is 14.8. The van der Waals surface area contributed by atoms with Crippen molar-refractivity contribution in [3.05, 3.63) is 50.1 Å². The number of halogens is 1. The van der Waals surface area contributed by atoms with E-state index in [0.717, 1.165) is 16.6 Å². The SMILES string of the molecule is COc1ccc(Br)c(CC(N)C2CCCc3sccc32)c1. The van der Waals surface area contributed by atoms with Crippen LogP contribution < -0.4 is 10.5 Å². The second kappa shape index (κ2) is 6.51. The van der Waals surface area contributed by atoms with Crippen molar-refractivity contribution >= 4 is 27.3 Å². The van der Waals surface area contributed by atoms with Crippen LogP contribution in [0.5, 0.6) is 5.75 Å². The Balaban J connectivity index is 1.80. The lowest BCUT2D eigenvalue weighted by Crippen LogP contribution is -2.32.